The largest absolute Gasteiger partial charge is 0.310 e. The van der Waals surface area contributed by atoms with Gasteiger partial charge in [0, 0.05) is 10.5 Å². The molecule has 0 saturated carbocycles. The van der Waals surface area contributed by atoms with Crippen LogP contribution in [0, 0.1) is 6.92 Å². The summed E-state index contributed by atoms with van der Waals surface area (Å²) in [6.07, 6.45) is 3.96. The van der Waals surface area contributed by atoms with E-state index < -0.39 is 0 Å². The molecule has 0 aromatic heterocycles. The van der Waals surface area contributed by atoms with Crippen LogP contribution in [0.3, 0.4) is 0 Å². The number of rotatable bonds is 1. The molecule has 0 aliphatic carbocycles. The van der Waals surface area contributed by atoms with Gasteiger partial charge in [0.25, 0.3) is 0 Å². The normalized spacial score (nSPS) is 22.3. The number of hydrogen-bond acceptors (Lipinski definition) is 1. The maximum atomic E-state index is 3.58. The van der Waals surface area contributed by atoms with Gasteiger partial charge in [-0.05, 0) is 49.6 Å². The Morgan fingerprint density at radius 1 is 1.36 bits per heavy atom. The van der Waals surface area contributed by atoms with Crippen LogP contribution in [0.4, 0.5) is 0 Å². The summed E-state index contributed by atoms with van der Waals surface area (Å²) in [5.74, 6) is 0. The minimum atomic E-state index is 0.580. The van der Waals surface area contributed by atoms with Crippen molar-refractivity contribution in [1.29, 1.82) is 0 Å². The van der Waals surface area contributed by atoms with E-state index in [4.69, 9.17) is 0 Å². The molecule has 1 fully saturated rings. The fourth-order valence-electron chi connectivity index (χ4n) is 2.15. The standard InChI is InChI=1S/C12H16BrN/c1-9-8-10(13)5-6-11(9)12-4-2-3-7-14-12/h5-6,8,12,14H,2-4,7H2,1H3/t12-/m1/s1. The fourth-order valence-corrected chi connectivity index (χ4v) is 2.62. The minimum absolute atomic E-state index is 0.580. The predicted octanol–water partition coefficient (Wildman–Crippen LogP) is 3.57. The first-order valence-electron chi connectivity index (χ1n) is 5.27. The average Bonchev–Trinajstić information content (AvgIpc) is 2.19. The van der Waals surface area contributed by atoms with Crippen LogP contribution in [0.25, 0.3) is 0 Å². The molecule has 1 aliphatic heterocycles. The molecule has 1 aliphatic rings. The Hall–Kier alpha value is -0.340. The molecule has 1 heterocycles. The third kappa shape index (κ3) is 2.18. The minimum Gasteiger partial charge on any atom is -0.310 e. The summed E-state index contributed by atoms with van der Waals surface area (Å²) in [6, 6.07) is 7.16. The van der Waals surface area contributed by atoms with E-state index in [-0.39, 0.29) is 0 Å². The number of piperidine rings is 1. The summed E-state index contributed by atoms with van der Waals surface area (Å²) < 4.78 is 1.18. The SMILES string of the molecule is Cc1cc(Br)ccc1[C@H]1CCCCN1. The lowest BCUT2D eigenvalue weighted by Gasteiger charge is -2.25. The molecular weight excluding hydrogens is 238 g/mol. The second kappa shape index (κ2) is 4.45. The van der Waals surface area contributed by atoms with Crippen molar-refractivity contribution in [3.05, 3.63) is 33.8 Å². The lowest BCUT2D eigenvalue weighted by Crippen LogP contribution is -2.27. The van der Waals surface area contributed by atoms with E-state index in [2.05, 4.69) is 46.4 Å². The van der Waals surface area contributed by atoms with Crippen LogP contribution in [0.1, 0.15) is 36.4 Å². The first-order valence-corrected chi connectivity index (χ1v) is 6.06. The van der Waals surface area contributed by atoms with Crippen molar-refractivity contribution in [3.8, 4) is 0 Å². The van der Waals surface area contributed by atoms with Crippen molar-refractivity contribution < 1.29 is 0 Å². The topological polar surface area (TPSA) is 12.0 Å². The summed E-state index contributed by atoms with van der Waals surface area (Å²) in [6.45, 7) is 3.36. The van der Waals surface area contributed by atoms with Gasteiger partial charge in [-0.25, -0.2) is 0 Å². The molecule has 2 heteroatoms. The Morgan fingerprint density at radius 3 is 2.86 bits per heavy atom. The highest BCUT2D eigenvalue weighted by atomic mass is 79.9. The van der Waals surface area contributed by atoms with E-state index in [0.717, 1.165) is 0 Å². The van der Waals surface area contributed by atoms with Gasteiger partial charge in [-0.2, -0.15) is 0 Å². The molecule has 14 heavy (non-hydrogen) atoms. The molecule has 0 unspecified atom stereocenters. The van der Waals surface area contributed by atoms with Crippen LogP contribution >= 0.6 is 15.9 Å². The van der Waals surface area contributed by atoms with Gasteiger partial charge in [0.05, 0.1) is 0 Å². The van der Waals surface area contributed by atoms with Gasteiger partial charge in [-0.15, -0.1) is 0 Å². The summed E-state index contributed by atoms with van der Waals surface area (Å²) in [7, 11) is 0. The van der Waals surface area contributed by atoms with Gasteiger partial charge in [0.1, 0.15) is 0 Å². The second-order valence-corrected chi connectivity index (χ2v) is 4.92. The van der Waals surface area contributed by atoms with Crippen LogP contribution in [0.2, 0.25) is 0 Å². The molecule has 0 spiro atoms. The zero-order valence-corrected chi connectivity index (χ0v) is 10.1. The smallest absolute Gasteiger partial charge is 0.0322 e. The van der Waals surface area contributed by atoms with E-state index in [0.29, 0.717) is 6.04 Å². The quantitative estimate of drug-likeness (QED) is 0.807. The Kier molecular flexibility index (Phi) is 3.24. The highest BCUT2D eigenvalue weighted by molar-refractivity contribution is 9.10. The van der Waals surface area contributed by atoms with Gasteiger partial charge in [0.15, 0.2) is 0 Å². The number of halogens is 1. The maximum absolute atomic E-state index is 3.58. The summed E-state index contributed by atoms with van der Waals surface area (Å²) in [4.78, 5) is 0. The Bertz CT molecular complexity index is 316. The molecule has 2 rings (SSSR count). The highest BCUT2D eigenvalue weighted by Gasteiger charge is 2.15. The zero-order valence-electron chi connectivity index (χ0n) is 8.52. The van der Waals surface area contributed by atoms with Gasteiger partial charge in [-0.3, -0.25) is 0 Å². The number of hydrogen-bond donors (Lipinski definition) is 1. The van der Waals surface area contributed by atoms with Crippen LogP contribution < -0.4 is 5.32 Å². The van der Waals surface area contributed by atoms with Gasteiger partial charge < -0.3 is 5.32 Å². The van der Waals surface area contributed by atoms with Crippen molar-refractivity contribution in [2.24, 2.45) is 0 Å². The summed E-state index contributed by atoms with van der Waals surface area (Å²) >= 11 is 3.50. The van der Waals surface area contributed by atoms with Crippen molar-refractivity contribution in [3.63, 3.8) is 0 Å². The molecular formula is C12H16BrN. The average molecular weight is 254 g/mol. The third-order valence-corrected chi connectivity index (χ3v) is 3.41. The molecule has 1 atom stereocenters. The lowest BCUT2D eigenvalue weighted by atomic mass is 9.94. The molecule has 1 N–H and O–H groups in total. The van der Waals surface area contributed by atoms with Gasteiger partial charge in [0.2, 0.25) is 0 Å². The Balaban J connectivity index is 2.22. The van der Waals surface area contributed by atoms with Crippen LogP contribution in [-0.4, -0.2) is 6.54 Å². The van der Waals surface area contributed by atoms with Crippen molar-refractivity contribution in [2.45, 2.75) is 32.2 Å². The van der Waals surface area contributed by atoms with E-state index in [1.165, 1.54) is 41.4 Å². The zero-order chi connectivity index (χ0) is 9.97. The molecule has 76 valence electrons. The fraction of sp³-hybridized carbons (Fsp3) is 0.500. The van der Waals surface area contributed by atoms with Gasteiger partial charge in [-0.1, -0.05) is 28.4 Å². The lowest BCUT2D eigenvalue weighted by molar-refractivity contribution is 0.411. The number of aryl methyl sites for hydroxylation is 1. The Labute approximate surface area is 94.0 Å². The Morgan fingerprint density at radius 2 is 2.21 bits per heavy atom. The van der Waals surface area contributed by atoms with Crippen molar-refractivity contribution in [1.82, 2.24) is 5.32 Å². The number of nitrogens with one attached hydrogen (secondary N) is 1. The second-order valence-electron chi connectivity index (χ2n) is 4.00. The summed E-state index contributed by atoms with van der Waals surface area (Å²) in [5, 5.41) is 3.58. The molecule has 1 saturated heterocycles. The van der Waals surface area contributed by atoms with Crippen LogP contribution in [-0.2, 0) is 0 Å². The molecule has 0 bridgehead atoms. The molecule has 1 aromatic rings. The number of benzene rings is 1. The molecule has 0 radical (unpaired) electrons. The van der Waals surface area contributed by atoms with Gasteiger partial charge >= 0.3 is 0 Å². The monoisotopic (exact) mass is 253 g/mol. The summed E-state index contributed by atoms with van der Waals surface area (Å²) in [5.41, 5.74) is 2.85. The first-order chi connectivity index (χ1) is 6.77. The molecule has 0 amide bonds. The molecule has 1 aromatic carbocycles. The van der Waals surface area contributed by atoms with E-state index in [1.54, 1.807) is 0 Å². The van der Waals surface area contributed by atoms with Crippen molar-refractivity contribution in [2.75, 3.05) is 6.54 Å². The highest BCUT2D eigenvalue weighted by Crippen LogP contribution is 2.27. The first kappa shape index (κ1) is 10.2. The van der Waals surface area contributed by atoms with E-state index in [9.17, 15) is 0 Å². The third-order valence-electron chi connectivity index (χ3n) is 2.92. The van der Waals surface area contributed by atoms with Crippen molar-refractivity contribution >= 4 is 15.9 Å². The van der Waals surface area contributed by atoms with E-state index in [1.807, 2.05) is 0 Å². The van der Waals surface area contributed by atoms with Crippen LogP contribution in [0.15, 0.2) is 22.7 Å². The predicted molar refractivity (Wildman–Crippen MR) is 63.5 cm³/mol. The molecule has 1 nitrogen and oxygen atoms in total. The van der Waals surface area contributed by atoms with Crippen LogP contribution in [0.5, 0.6) is 0 Å². The maximum Gasteiger partial charge on any atom is 0.0322 e. The van der Waals surface area contributed by atoms with E-state index >= 15 is 0 Å².